The third-order valence-corrected chi connectivity index (χ3v) is 2.92. The lowest BCUT2D eigenvalue weighted by atomic mass is 10.1. The summed E-state index contributed by atoms with van der Waals surface area (Å²) in [5.41, 5.74) is 0. The number of carbonyl (C=O) groups excluding carboxylic acids is 2. The number of nitrogens with one attached hydrogen (secondary N) is 1. The summed E-state index contributed by atoms with van der Waals surface area (Å²) in [7, 11) is 1.29. The summed E-state index contributed by atoms with van der Waals surface area (Å²) >= 11 is 3.35. The maximum Gasteiger partial charge on any atom is 0.407 e. The largest absolute Gasteiger partial charge is 0.467 e. The van der Waals surface area contributed by atoms with Crippen LogP contribution in [-0.4, -0.2) is 36.6 Å². The van der Waals surface area contributed by atoms with Gasteiger partial charge < -0.3 is 14.8 Å². The first-order chi connectivity index (χ1) is 7.56. The predicted molar refractivity (Wildman–Crippen MR) is 63.6 cm³/mol. The van der Waals surface area contributed by atoms with Crippen molar-refractivity contribution >= 4 is 28.0 Å². The van der Waals surface area contributed by atoms with Gasteiger partial charge >= 0.3 is 12.1 Å². The van der Waals surface area contributed by atoms with Crippen molar-refractivity contribution in [2.75, 3.05) is 13.7 Å². The predicted octanol–water partition coefficient (Wildman–Crippen LogP) is 1.84. The lowest BCUT2D eigenvalue weighted by Gasteiger charge is -2.20. The maximum absolute atomic E-state index is 11.4. The molecule has 0 radical (unpaired) electrons. The summed E-state index contributed by atoms with van der Waals surface area (Å²) in [4.78, 5) is 22.5. The van der Waals surface area contributed by atoms with Crippen LogP contribution in [0.25, 0.3) is 0 Å². The van der Waals surface area contributed by atoms with Crippen molar-refractivity contribution in [3.8, 4) is 0 Å². The first-order valence-corrected chi connectivity index (χ1v) is 6.13. The lowest BCUT2D eigenvalue weighted by molar-refractivity contribution is -0.142. The van der Waals surface area contributed by atoms with Crippen molar-refractivity contribution in [1.82, 2.24) is 5.32 Å². The number of alkyl halides is 1. The van der Waals surface area contributed by atoms with Gasteiger partial charge in [0.05, 0.1) is 13.7 Å². The van der Waals surface area contributed by atoms with Gasteiger partial charge in [-0.25, -0.2) is 9.59 Å². The van der Waals surface area contributed by atoms with Crippen LogP contribution in [0.3, 0.4) is 0 Å². The molecule has 0 bridgehead atoms. The number of alkyl carbamates (subject to hydrolysis) is 1. The van der Waals surface area contributed by atoms with E-state index in [0.29, 0.717) is 0 Å². The standard InChI is InChI=1S/C10H18BrNO4/c1-4-6-7(11)8(9(13)15-3)12-10(14)16-5-2/h7-8H,4-6H2,1-3H3,(H,12,14)/t7-,8-/m0/s1. The Hall–Kier alpha value is -0.780. The van der Waals surface area contributed by atoms with Crippen LogP contribution in [-0.2, 0) is 14.3 Å². The summed E-state index contributed by atoms with van der Waals surface area (Å²) in [6.07, 6.45) is 1.04. The van der Waals surface area contributed by atoms with E-state index in [4.69, 9.17) is 4.74 Å². The molecule has 1 N–H and O–H groups in total. The normalized spacial score (nSPS) is 13.8. The Kier molecular flexibility index (Phi) is 7.97. The average Bonchev–Trinajstić information content (AvgIpc) is 2.25. The van der Waals surface area contributed by atoms with Gasteiger partial charge in [0.15, 0.2) is 0 Å². The third kappa shape index (κ3) is 5.34. The van der Waals surface area contributed by atoms with E-state index < -0.39 is 18.1 Å². The van der Waals surface area contributed by atoms with Gasteiger partial charge in [-0.15, -0.1) is 0 Å². The molecule has 0 aromatic rings. The highest BCUT2D eigenvalue weighted by Crippen LogP contribution is 2.14. The van der Waals surface area contributed by atoms with Crippen LogP contribution in [0.2, 0.25) is 0 Å². The Morgan fingerprint density at radius 1 is 1.38 bits per heavy atom. The molecular formula is C10H18BrNO4. The minimum atomic E-state index is -0.719. The molecule has 94 valence electrons. The average molecular weight is 296 g/mol. The van der Waals surface area contributed by atoms with Gasteiger partial charge in [-0.2, -0.15) is 0 Å². The quantitative estimate of drug-likeness (QED) is 0.600. The van der Waals surface area contributed by atoms with E-state index in [1.807, 2.05) is 6.92 Å². The Bertz CT molecular complexity index is 235. The molecule has 5 nitrogen and oxygen atoms in total. The van der Waals surface area contributed by atoms with E-state index in [1.165, 1.54) is 7.11 Å². The van der Waals surface area contributed by atoms with E-state index in [1.54, 1.807) is 6.92 Å². The first kappa shape index (κ1) is 15.2. The van der Waals surface area contributed by atoms with Crippen molar-refractivity contribution in [3.05, 3.63) is 0 Å². The zero-order chi connectivity index (χ0) is 12.6. The fraction of sp³-hybridized carbons (Fsp3) is 0.800. The van der Waals surface area contributed by atoms with E-state index in [-0.39, 0.29) is 11.4 Å². The second kappa shape index (κ2) is 8.38. The molecule has 0 saturated carbocycles. The smallest absolute Gasteiger partial charge is 0.407 e. The number of ether oxygens (including phenoxy) is 2. The molecule has 6 heteroatoms. The molecule has 0 aromatic carbocycles. The second-order valence-electron chi connectivity index (χ2n) is 3.17. The highest BCUT2D eigenvalue weighted by atomic mass is 79.9. The van der Waals surface area contributed by atoms with Gasteiger partial charge in [-0.3, -0.25) is 0 Å². The Morgan fingerprint density at radius 2 is 2.00 bits per heavy atom. The van der Waals surface area contributed by atoms with Crippen LogP contribution < -0.4 is 5.32 Å². The molecule has 0 spiro atoms. The molecule has 1 amide bonds. The van der Waals surface area contributed by atoms with E-state index >= 15 is 0 Å². The Morgan fingerprint density at radius 3 is 2.44 bits per heavy atom. The molecule has 0 aliphatic heterocycles. The number of carbonyl (C=O) groups is 2. The molecule has 0 aliphatic carbocycles. The van der Waals surface area contributed by atoms with Gasteiger partial charge in [-0.05, 0) is 13.3 Å². The minimum absolute atomic E-state index is 0.158. The number of halogens is 1. The molecule has 0 fully saturated rings. The van der Waals surface area contributed by atoms with Crippen LogP contribution in [0.1, 0.15) is 26.7 Å². The summed E-state index contributed by atoms with van der Waals surface area (Å²) < 4.78 is 9.34. The SMILES string of the molecule is CCC[C@H](Br)[C@H](NC(=O)OCC)C(=O)OC. The summed E-state index contributed by atoms with van der Waals surface area (Å²) in [5.74, 6) is -0.483. The highest BCUT2D eigenvalue weighted by Gasteiger charge is 2.28. The van der Waals surface area contributed by atoms with Crippen LogP contribution in [0.4, 0.5) is 4.79 Å². The van der Waals surface area contributed by atoms with E-state index in [2.05, 4.69) is 26.0 Å². The summed E-state index contributed by atoms with van der Waals surface area (Å²) in [5, 5.41) is 2.47. The number of hydrogen-bond donors (Lipinski definition) is 1. The Balaban J connectivity index is 4.42. The summed E-state index contributed by atoms with van der Waals surface area (Å²) in [6.45, 7) is 3.96. The monoisotopic (exact) mass is 295 g/mol. The van der Waals surface area contributed by atoms with E-state index in [0.717, 1.165) is 12.8 Å². The number of hydrogen-bond acceptors (Lipinski definition) is 4. The topological polar surface area (TPSA) is 64.6 Å². The molecule has 2 atom stereocenters. The minimum Gasteiger partial charge on any atom is -0.467 e. The van der Waals surface area contributed by atoms with Crippen LogP contribution in [0.15, 0.2) is 0 Å². The van der Waals surface area contributed by atoms with Crippen LogP contribution in [0, 0.1) is 0 Å². The highest BCUT2D eigenvalue weighted by molar-refractivity contribution is 9.09. The van der Waals surface area contributed by atoms with Crippen molar-refractivity contribution in [2.24, 2.45) is 0 Å². The Labute approximate surface area is 104 Å². The zero-order valence-corrected chi connectivity index (χ0v) is 11.4. The molecule has 0 saturated heterocycles. The molecule has 0 unspecified atom stereocenters. The van der Waals surface area contributed by atoms with Gasteiger partial charge in [0, 0.05) is 4.83 Å². The molecule has 0 aliphatic rings. The number of esters is 1. The van der Waals surface area contributed by atoms with Crippen LogP contribution in [0.5, 0.6) is 0 Å². The van der Waals surface area contributed by atoms with Gasteiger partial charge in [0.25, 0.3) is 0 Å². The van der Waals surface area contributed by atoms with Crippen LogP contribution >= 0.6 is 15.9 Å². The fourth-order valence-corrected chi connectivity index (χ4v) is 1.97. The fourth-order valence-electron chi connectivity index (χ4n) is 1.17. The van der Waals surface area contributed by atoms with Crippen molar-refractivity contribution in [3.63, 3.8) is 0 Å². The zero-order valence-electron chi connectivity index (χ0n) is 9.79. The van der Waals surface area contributed by atoms with E-state index in [9.17, 15) is 9.59 Å². The molecule has 16 heavy (non-hydrogen) atoms. The first-order valence-electron chi connectivity index (χ1n) is 5.21. The lowest BCUT2D eigenvalue weighted by Crippen LogP contribution is -2.47. The summed E-state index contributed by atoms with van der Waals surface area (Å²) in [6, 6.07) is -0.719. The van der Waals surface area contributed by atoms with Crippen molar-refractivity contribution in [1.29, 1.82) is 0 Å². The van der Waals surface area contributed by atoms with Gasteiger partial charge in [-0.1, -0.05) is 29.3 Å². The second-order valence-corrected chi connectivity index (χ2v) is 4.35. The maximum atomic E-state index is 11.4. The number of amides is 1. The molecular weight excluding hydrogens is 278 g/mol. The molecule has 0 aromatic heterocycles. The van der Waals surface area contributed by atoms with Crippen molar-refractivity contribution < 1.29 is 19.1 Å². The molecule has 0 rings (SSSR count). The number of rotatable bonds is 6. The third-order valence-electron chi connectivity index (χ3n) is 1.93. The van der Waals surface area contributed by atoms with Gasteiger partial charge in [0.1, 0.15) is 6.04 Å². The van der Waals surface area contributed by atoms with Crippen molar-refractivity contribution in [2.45, 2.75) is 37.6 Å². The number of methoxy groups -OCH3 is 1. The molecule has 0 heterocycles. The van der Waals surface area contributed by atoms with Gasteiger partial charge in [0.2, 0.25) is 0 Å².